The summed E-state index contributed by atoms with van der Waals surface area (Å²) < 4.78 is 10.2. The van der Waals surface area contributed by atoms with Crippen molar-refractivity contribution in [2.75, 3.05) is 13.2 Å². The summed E-state index contributed by atoms with van der Waals surface area (Å²) in [6.45, 7) is 8.61. The van der Waals surface area contributed by atoms with Crippen molar-refractivity contribution in [1.82, 2.24) is 29.4 Å². The van der Waals surface area contributed by atoms with Crippen molar-refractivity contribution < 1.29 is 4.74 Å². The number of aryl methyl sites for hydroxylation is 2. The number of hydrogen-bond donors (Lipinski definition) is 0. The van der Waals surface area contributed by atoms with Gasteiger partial charge in [0.1, 0.15) is 12.4 Å². The standard InChI is InChI=1S/C19H30N6O/c1-14-9-17(23(3)22-14)11-24-7-8-25-18(10-15(24)2)20-21-19(25)13-26-12-16-5-4-6-16/h9,15-16H,4-8,10-13H2,1-3H3/t15-/m1/s1. The van der Waals surface area contributed by atoms with Gasteiger partial charge in [-0.3, -0.25) is 9.58 Å². The Morgan fingerprint density at radius 1 is 1.23 bits per heavy atom. The van der Waals surface area contributed by atoms with Crippen LogP contribution in [-0.2, 0) is 37.9 Å². The van der Waals surface area contributed by atoms with E-state index in [1.54, 1.807) is 0 Å². The quantitative estimate of drug-likeness (QED) is 0.791. The molecule has 0 spiro atoms. The Hall–Kier alpha value is -1.73. The number of aromatic nitrogens is 5. The van der Waals surface area contributed by atoms with Crippen molar-refractivity contribution in [2.45, 2.75) is 65.3 Å². The van der Waals surface area contributed by atoms with Gasteiger partial charge in [-0.25, -0.2) is 0 Å². The molecule has 0 aromatic carbocycles. The first kappa shape index (κ1) is 17.7. The fourth-order valence-corrected chi connectivity index (χ4v) is 3.96. The zero-order valence-corrected chi connectivity index (χ0v) is 16.2. The molecule has 1 fully saturated rings. The number of ether oxygens (including phenoxy) is 1. The highest BCUT2D eigenvalue weighted by atomic mass is 16.5. The molecule has 1 aliphatic heterocycles. The van der Waals surface area contributed by atoms with Crippen LogP contribution in [0, 0.1) is 12.8 Å². The molecular weight excluding hydrogens is 328 g/mol. The zero-order chi connectivity index (χ0) is 18.1. The molecule has 0 radical (unpaired) electrons. The predicted octanol–water partition coefficient (Wildman–Crippen LogP) is 2.08. The normalized spacial score (nSPS) is 21.4. The minimum atomic E-state index is 0.430. The largest absolute Gasteiger partial charge is 0.373 e. The third kappa shape index (κ3) is 3.69. The fourth-order valence-electron chi connectivity index (χ4n) is 3.96. The maximum Gasteiger partial charge on any atom is 0.159 e. The van der Waals surface area contributed by atoms with Crippen LogP contribution >= 0.6 is 0 Å². The molecule has 1 saturated carbocycles. The van der Waals surface area contributed by atoms with E-state index < -0.39 is 0 Å². The first-order chi connectivity index (χ1) is 12.6. The van der Waals surface area contributed by atoms with Crippen LogP contribution < -0.4 is 0 Å². The highest BCUT2D eigenvalue weighted by Crippen LogP contribution is 2.26. The average Bonchev–Trinajstić information content (AvgIpc) is 3.03. The van der Waals surface area contributed by atoms with Crippen molar-refractivity contribution in [2.24, 2.45) is 13.0 Å². The lowest BCUT2D eigenvalue weighted by molar-refractivity contribution is 0.0542. The van der Waals surface area contributed by atoms with Crippen LogP contribution in [0.4, 0.5) is 0 Å². The van der Waals surface area contributed by atoms with Crippen molar-refractivity contribution >= 4 is 0 Å². The summed E-state index contributed by atoms with van der Waals surface area (Å²) in [5.41, 5.74) is 2.34. The van der Waals surface area contributed by atoms with Gasteiger partial charge in [0.15, 0.2) is 5.82 Å². The molecule has 0 N–H and O–H groups in total. The molecule has 1 atom stereocenters. The molecule has 142 valence electrons. The maximum atomic E-state index is 5.91. The Balaban J connectivity index is 1.39. The van der Waals surface area contributed by atoms with Crippen LogP contribution in [0.3, 0.4) is 0 Å². The second-order valence-electron chi connectivity index (χ2n) is 7.92. The van der Waals surface area contributed by atoms with Gasteiger partial charge in [0.25, 0.3) is 0 Å². The van der Waals surface area contributed by atoms with Gasteiger partial charge in [0.05, 0.1) is 11.4 Å². The van der Waals surface area contributed by atoms with Gasteiger partial charge < -0.3 is 9.30 Å². The Kier molecular flexibility index (Phi) is 5.09. The second-order valence-corrected chi connectivity index (χ2v) is 7.92. The lowest BCUT2D eigenvalue weighted by atomic mass is 9.86. The van der Waals surface area contributed by atoms with Crippen LogP contribution in [0.25, 0.3) is 0 Å². The van der Waals surface area contributed by atoms with Gasteiger partial charge in [0.2, 0.25) is 0 Å². The molecule has 2 aliphatic rings. The molecule has 2 aromatic rings. The second kappa shape index (κ2) is 7.48. The van der Waals surface area contributed by atoms with Crippen LogP contribution in [-0.4, -0.2) is 48.6 Å². The third-order valence-electron chi connectivity index (χ3n) is 5.89. The van der Waals surface area contributed by atoms with E-state index in [0.29, 0.717) is 12.6 Å². The molecule has 4 rings (SSSR count). The molecule has 0 unspecified atom stereocenters. The molecule has 2 aromatic heterocycles. The van der Waals surface area contributed by atoms with Gasteiger partial charge >= 0.3 is 0 Å². The summed E-state index contributed by atoms with van der Waals surface area (Å²) in [6, 6.07) is 2.61. The summed E-state index contributed by atoms with van der Waals surface area (Å²) in [6.07, 6.45) is 4.92. The van der Waals surface area contributed by atoms with Gasteiger partial charge in [-0.2, -0.15) is 5.10 Å². The van der Waals surface area contributed by atoms with Gasteiger partial charge in [-0.1, -0.05) is 6.42 Å². The number of rotatable bonds is 6. The van der Waals surface area contributed by atoms with Crippen molar-refractivity contribution in [3.05, 3.63) is 29.1 Å². The molecule has 0 amide bonds. The molecular formula is C19H30N6O. The third-order valence-corrected chi connectivity index (χ3v) is 5.89. The van der Waals surface area contributed by atoms with Gasteiger partial charge in [-0.05, 0) is 38.7 Å². The summed E-state index contributed by atoms with van der Waals surface area (Å²) >= 11 is 0. The average molecular weight is 358 g/mol. The van der Waals surface area contributed by atoms with Crippen molar-refractivity contribution in [3.63, 3.8) is 0 Å². The van der Waals surface area contributed by atoms with E-state index in [4.69, 9.17) is 4.74 Å². The Bertz CT molecular complexity index is 747. The number of fused-ring (bicyclic) bond motifs is 1. The smallest absolute Gasteiger partial charge is 0.159 e. The summed E-state index contributed by atoms with van der Waals surface area (Å²) in [7, 11) is 2.03. The van der Waals surface area contributed by atoms with E-state index in [0.717, 1.165) is 55.9 Å². The summed E-state index contributed by atoms with van der Waals surface area (Å²) in [5.74, 6) is 2.83. The van der Waals surface area contributed by atoms with Crippen molar-refractivity contribution in [3.8, 4) is 0 Å². The first-order valence-electron chi connectivity index (χ1n) is 9.82. The molecule has 1 aliphatic carbocycles. The van der Waals surface area contributed by atoms with Crippen molar-refractivity contribution in [1.29, 1.82) is 0 Å². The Labute approximate surface area is 155 Å². The van der Waals surface area contributed by atoms with Crippen LogP contribution in [0.5, 0.6) is 0 Å². The summed E-state index contributed by atoms with van der Waals surface area (Å²) in [5, 5.41) is 13.3. The van der Waals surface area contributed by atoms with Crippen LogP contribution in [0.2, 0.25) is 0 Å². The molecule has 0 bridgehead atoms. The van der Waals surface area contributed by atoms with Gasteiger partial charge in [-0.15, -0.1) is 10.2 Å². The molecule has 3 heterocycles. The van der Waals surface area contributed by atoms with Crippen LogP contribution in [0.1, 0.15) is 49.2 Å². The Morgan fingerprint density at radius 3 is 2.77 bits per heavy atom. The maximum absolute atomic E-state index is 5.91. The molecule has 26 heavy (non-hydrogen) atoms. The van der Waals surface area contributed by atoms with E-state index in [9.17, 15) is 0 Å². The lowest BCUT2D eigenvalue weighted by Crippen LogP contribution is -2.35. The SMILES string of the molecule is Cc1cc(CN2CCn3c(COCC4CCC4)nnc3C[C@H]2C)n(C)n1. The molecule has 7 nitrogen and oxygen atoms in total. The zero-order valence-electron chi connectivity index (χ0n) is 16.2. The molecule has 7 heteroatoms. The van der Waals surface area contributed by atoms with Crippen LogP contribution in [0.15, 0.2) is 6.07 Å². The first-order valence-corrected chi connectivity index (χ1v) is 9.82. The van der Waals surface area contributed by atoms with E-state index in [1.165, 1.54) is 25.0 Å². The Morgan fingerprint density at radius 2 is 2.08 bits per heavy atom. The minimum absolute atomic E-state index is 0.430. The topological polar surface area (TPSA) is 61.0 Å². The number of hydrogen-bond acceptors (Lipinski definition) is 5. The monoisotopic (exact) mass is 358 g/mol. The fraction of sp³-hybridized carbons (Fsp3) is 0.737. The summed E-state index contributed by atoms with van der Waals surface area (Å²) in [4.78, 5) is 2.52. The van der Waals surface area contributed by atoms with E-state index in [2.05, 4.69) is 37.8 Å². The minimum Gasteiger partial charge on any atom is -0.373 e. The highest BCUT2D eigenvalue weighted by molar-refractivity contribution is 5.09. The van der Waals surface area contributed by atoms with E-state index in [1.807, 2.05) is 18.7 Å². The van der Waals surface area contributed by atoms with E-state index in [-0.39, 0.29) is 0 Å². The number of nitrogens with zero attached hydrogens (tertiary/aromatic N) is 6. The molecule has 0 saturated heterocycles. The highest BCUT2D eigenvalue weighted by Gasteiger charge is 2.25. The van der Waals surface area contributed by atoms with Gasteiger partial charge in [0, 0.05) is 45.8 Å². The van der Waals surface area contributed by atoms with E-state index >= 15 is 0 Å². The predicted molar refractivity (Wildman–Crippen MR) is 98.5 cm³/mol. The lowest BCUT2D eigenvalue weighted by Gasteiger charge is -2.26.